The monoisotopic (exact) mass is 361 g/mol. The van der Waals surface area contributed by atoms with Crippen molar-refractivity contribution in [1.82, 2.24) is 5.32 Å². The number of aliphatic imine (C=N–C) groups is 2. The average Bonchev–Trinajstić information content (AvgIpc) is 3.15. The van der Waals surface area contributed by atoms with Crippen LogP contribution in [0.5, 0.6) is 5.75 Å². The number of amidine groups is 1. The summed E-state index contributed by atoms with van der Waals surface area (Å²) in [6.45, 7) is 4.26. The number of hydrogen-bond acceptors (Lipinski definition) is 2. The van der Waals surface area contributed by atoms with Crippen LogP contribution in [0.15, 0.2) is 64.6 Å². The summed E-state index contributed by atoms with van der Waals surface area (Å²) in [5.74, 6) is 1.79. The highest BCUT2D eigenvalue weighted by Crippen LogP contribution is 2.20. The second-order valence-electron chi connectivity index (χ2n) is 6.89. The molecule has 0 saturated heterocycles. The number of hydrogen-bond donors (Lipinski definition) is 1. The van der Waals surface area contributed by atoms with Gasteiger partial charge in [0.2, 0.25) is 0 Å². The van der Waals surface area contributed by atoms with E-state index in [2.05, 4.69) is 59.5 Å². The van der Waals surface area contributed by atoms with Gasteiger partial charge >= 0.3 is 0 Å². The van der Waals surface area contributed by atoms with Gasteiger partial charge in [0, 0.05) is 18.2 Å². The van der Waals surface area contributed by atoms with Gasteiger partial charge in [-0.1, -0.05) is 35.9 Å². The lowest BCUT2D eigenvalue weighted by molar-refractivity contribution is 0.415. The number of benzene rings is 2. The fourth-order valence-corrected chi connectivity index (χ4v) is 3.04. The second-order valence-corrected chi connectivity index (χ2v) is 6.89. The smallest absolute Gasteiger partial charge is 0.118 e. The minimum absolute atomic E-state index is 0.255. The summed E-state index contributed by atoms with van der Waals surface area (Å²) in [7, 11) is 1.67. The molecular formula is C23H27N3O. The van der Waals surface area contributed by atoms with E-state index >= 15 is 0 Å². The van der Waals surface area contributed by atoms with Crippen molar-refractivity contribution < 1.29 is 4.74 Å². The van der Waals surface area contributed by atoms with Crippen LogP contribution in [0.2, 0.25) is 0 Å². The Hall–Kier alpha value is -2.88. The van der Waals surface area contributed by atoms with E-state index < -0.39 is 0 Å². The summed E-state index contributed by atoms with van der Waals surface area (Å²) >= 11 is 0. The third-order valence-electron chi connectivity index (χ3n) is 4.65. The summed E-state index contributed by atoms with van der Waals surface area (Å²) in [6.07, 6.45) is 6.69. The molecule has 0 saturated carbocycles. The van der Waals surface area contributed by atoms with E-state index in [0.717, 1.165) is 42.1 Å². The number of rotatable bonds is 7. The van der Waals surface area contributed by atoms with E-state index in [4.69, 9.17) is 4.74 Å². The molecular weight excluding hydrogens is 334 g/mol. The highest BCUT2D eigenvalue weighted by molar-refractivity contribution is 6.00. The highest BCUT2D eigenvalue weighted by atomic mass is 16.5. The van der Waals surface area contributed by atoms with Crippen LogP contribution in [-0.4, -0.2) is 25.3 Å². The molecule has 1 atom stereocenters. The molecule has 1 N–H and O–H groups in total. The Morgan fingerprint density at radius 2 is 2.00 bits per heavy atom. The van der Waals surface area contributed by atoms with Crippen LogP contribution in [0.3, 0.4) is 0 Å². The van der Waals surface area contributed by atoms with Crippen LogP contribution in [0, 0.1) is 6.92 Å². The normalized spacial score (nSPS) is 16.4. The number of methoxy groups -OCH3 is 1. The molecule has 0 radical (unpaired) electrons. The summed E-state index contributed by atoms with van der Waals surface area (Å²) < 4.78 is 5.20. The van der Waals surface area contributed by atoms with Crippen molar-refractivity contribution in [2.75, 3.05) is 7.11 Å². The van der Waals surface area contributed by atoms with E-state index in [1.165, 1.54) is 11.1 Å². The van der Waals surface area contributed by atoms with Crippen molar-refractivity contribution in [2.24, 2.45) is 9.98 Å². The van der Waals surface area contributed by atoms with Crippen molar-refractivity contribution >= 4 is 17.9 Å². The topological polar surface area (TPSA) is 46.0 Å². The third-order valence-corrected chi connectivity index (χ3v) is 4.65. The molecule has 1 aliphatic heterocycles. The number of nitrogens with zero attached hydrogens (tertiary/aromatic N) is 2. The fraction of sp³-hybridized carbons (Fsp3) is 0.304. The number of ether oxygens (including phenoxy) is 1. The predicted molar refractivity (Wildman–Crippen MR) is 114 cm³/mol. The molecule has 1 heterocycles. The van der Waals surface area contributed by atoms with E-state index in [9.17, 15) is 0 Å². The van der Waals surface area contributed by atoms with Gasteiger partial charge in [0.25, 0.3) is 0 Å². The first-order valence-corrected chi connectivity index (χ1v) is 9.39. The molecule has 1 unspecified atom stereocenters. The van der Waals surface area contributed by atoms with Gasteiger partial charge in [-0.15, -0.1) is 0 Å². The predicted octanol–water partition coefficient (Wildman–Crippen LogP) is 4.79. The molecule has 4 heteroatoms. The molecule has 140 valence electrons. The van der Waals surface area contributed by atoms with Gasteiger partial charge in [-0.05, 0) is 62.1 Å². The Kier molecular flexibility index (Phi) is 6.42. The molecule has 0 aliphatic carbocycles. The van der Waals surface area contributed by atoms with Gasteiger partial charge in [0.15, 0.2) is 0 Å². The number of aryl methyl sites for hydroxylation is 2. The quantitative estimate of drug-likeness (QED) is 0.569. The van der Waals surface area contributed by atoms with Crippen molar-refractivity contribution in [2.45, 2.75) is 39.2 Å². The maximum Gasteiger partial charge on any atom is 0.118 e. The molecule has 0 spiro atoms. The van der Waals surface area contributed by atoms with Gasteiger partial charge in [-0.2, -0.15) is 0 Å². The van der Waals surface area contributed by atoms with E-state index in [1.807, 2.05) is 24.3 Å². The maximum atomic E-state index is 5.20. The van der Waals surface area contributed by atoms with Gasteiger partial charge < -0.3 is 10.1 Å². The van der Waals surface area contributed by atoms with E-state index in [0.29, 0.717) is 0 Å². The van der Waals surface area contributed by atoms with Gasteiger partial charge in [-0.25, -0.2) is 4.99 Å². The van der Waals surface area contributed by atoms with Crippen molar-refractivity contribution in [3.8, 4) is 5.75 Å². The zero-order valence-corrected chi connectivity index (χ0v) is 16.3. The summed E-state index contributed by atoms with van der Waals surface area (Å²) in [6, 6.07) is 16.9. The Bertz CT molecular complexity index is 850. The largest absolute Gasteiger partial charge is 0.497 e. The number of nitrogens with one attached hydrogen (secondary N) is 1. The SMILES string of the molecule is COc1ccc(C2=CCC(=NC=NC(C)CCc3cccc(C)c3)N2)cc1. The zero-order chi connectivity index (χ0) is 19.1. The molecule has 0 aromatic heterocycles. The molecule has 4 nitrogen and oxygen atoms in total. The third kappa shape index (κ3) is 5.55. The van der Waals surface area contributed by atoms with Gasteiger partial charge in [0.1, 0.15) is 17.9 Å². The van der Waals surface area contributed by atoms with Crippen molar-refractivity contribution in [1.29, 1.82) is 0 Å². The maximum absolute atomic E-state index is 5.20. The Balaban J connectivity index is 1.48. The highest BCUT2D eigenvalue weighted by Gasteiger charge is 2.11. The molecule has 1 aliphatic rings. The molecule has 2 aromatic carbocycles. The Morgan fingerprint density at radius 1 is 1.19 bits per heavy atom. The van der Waals surface area contributed by atoms with Gasteiger partial charge in [0.05, 0.1) is 7.11 Å². The standard InChI is InChI=1S/C23H27N3O/c1-17-5-4-6-19(15-17)8-7-18(2)24-16-25-23-14-13-22(26-23)20-9-11-21(27-3)12-10-20/h4-6,9-13,15-16,18H,7-8,14H2,1-3H3,(H,24,25,26). The first-order valence-electron chi connectivity index (χ1n) is 9.39. The van der Waals surface area contributed by atoms with Crippen LogP contribution < -0.4 is 10.1 Å². The summed E-state index contributed by atoms with van der Waals surface area (Å²) in [5, 5.41) is 3.36. The second kappa shape index (κ2) is 9.17. The lowest BCUT2D eigenvalue weighted by atomic mass is 10.0. The lowest BCUT2D eigenvalue weighted by Gasteiger charge is -2.07. The molecule has 0 fully saturated rings. The van der Waals surface area contributed by atoms with Crippen LogP contribution in [0.1, 0.15) is 36.5 Å². The van der Waals surface area contributed by atoms with Crippen LogP contribution in [0.25, 0.3) is 5.70 Å². The van der Waals surface area contributed by atoms with E-state index in [-0.39, 0.29) is 6.04 Å². The molecule has 27 heavy (non-hydrogen) atoms. The summed E-state index contributed by atoms with van der Waals surface area (Å²) in [5.41, 5.74) is 4.89. The molecule has 0 bridgehead atoms. The molecule has 0 amide bonds. The van der Waals surface area contributed by atoms with Gasteiger partial charge in [-0.3, -0.25) is 4.99 Å². The van der Waals surface area contributed by atoms with Crippen LogP contribution in [-0.2, 0) is 6.42 Å². The average molecular weight is 361 g/mol. The Labute approximate surface area is 161 Å². The van der Waals surface area contributed by atoms with Crippen molar-refractivity contribution in [3.63, 3.8) is 0 Å². The first kappa shape index (κ1) is 18.9. The molecule has 2 aromatic rings. The van der Waals surface area contributed by atoms with Crippen LogP contribution >= 0.6 is 0 Å². The lowest BCUT2D eigenvalue weighted by Crippen LogP contribution is -2.15. The van der Waals surface area contributed by atoms with E-state index in [1.54, 1.807) is 13.4 Å². The zero-order valence-electron chi connectivity index (χ0n) is 16.3. The minimum atomic E-state index is 0.255. The first-order chi connectivity index (χ1) is 13.1. The summed E-state index contributed by atoms with van der Waals surface area (Å²) in [4.78, 5) is 9.03. The van der Waals surface area contributed by atoms with Crippen LogP contribution in [0.4, 0.5) is 0 Å². The molecule has 3 rings (SSSR count). The fourth-order valence-electron chi connectivity index (χ4n) is 3.04. The minimum Gasteiger partial charge on any atom is -0.497 e. The van der Waals surface area contributed by atoms with Crippen molar-refractivity contribution in [3.05, 3.63) is 71.3 Å². The Morgan fingerprint density at radius 3 is 2.74 bits per heavy atom.